The van der Waals surface area contributed by atoms with Crippen LogP contribution in [-0.4, -0.2) is 19.0 Å². The fourth-order valence-electron chi connectivity index (χ4n) is 1.95. The fourth-order valence-corrected chi connectivity index (χ4v) is 1.95. The first-order valence-electron chi connectivity index (χ1n) is 5.70. The van der Waals surface area contributed by atoms with Crippen LogP contribution in [-0.2, 0) is 16.0 Å². The summed E-state index contributed by atoms with van der Waals surface area (Å²) in [4.78, 5) is 11.6. The minimum atomic E-state index is 0.150. The predicted molar refractivity (Wildman–Crippen MR) is 65.9 cm³/mol. The average molecular weight is 220 g/mol. The number of aryl methyl sites for hydroxylation is 3. The molecule has 1 aromatic rings. The zero-order valence-corrected chi connectivity index (χ0v) is 10.6. The van der Waals surface area contributed by atoms with Gasteiger partial charge in [0, 0.05) is 13.0 Å². The molecule has 0 heterocycles. The largest absolute Gasteiger partial charge is 0.374 e. The number of Topliss-reactive ketones (excluding diaryl/α,β-unsaturated/α-hetero) is 1. The molecular formula is C14H20O2. The smallest absolute Gasteiger partial charge is 0.162 e. The highest BCUT2D eigenvalue weighted by atomic mass is 16.5. The minimum Gasteiger partial charge on any atom is -0.374 e. The first-order chi connectivity index (χ1) is 7.54. The van der Waals surface area contributed by atoms with E-state index in [9.17, 15) is 4.79 Å². The van der Waals surface area contributed by atoms with Gasteiger partial charge in [0.05, 0.1) is 0 Å². The van der Waals surface area contributed by atoms with Gasteiger partial charge in [-0.2, -0.15) is 0 Å². The molecular weight excluding hydrogens is 200 g/mol. The SMILES string of the molecule is CCOCC(=O)Cc1c(C)cc(C)cc1C. The lowest BCUT2D eigenvalue weighted by Crippen LogP contribution is -2.13. The molecule has 0 aromatic heterocycles. The van der Waals surface area contributed by atoms with E-state index in [1.807, 2.05) is 6.92 Å². The summed E-state index contributed by atoms with van der Waals surface area (Å²) in [6.45, 7) is 8.91. The first kappa shape index (κ1) is 12.9. The lowest BCUT2D eigenvalue weighted by molar-refractivity contribution is -0.122. The van der Waals surface area contributed by atoms with Crippen molar-refractivity contribution >= 4 is 5.78 Å². The van der Waals surface area contributed by atoms with Gasteiger partial charge in [-0.15, -0.1) is 0 Å². The summed E-state index contributed by atoms with van der Waals surface area (Å²) in [7, 11) is 0. The standard InChI is InChI=1S/C14H20O2/c1-5-16-9-13(15)8-14-11(3)6-10(2)7-12(14)4/h6-7H,5,8-9H2,1-4H3. The molecule has 0 N–H and O–H groups in total. The molecule has 1 aromatic carbocycles. The summed E-state index contributed by atoms with van der Waals surface area (Å²) >= 11 is 0. The third-order valence-corrected chi connectivity index (χ3v) is 2.68. The van der Waals surface area contributed by atoms with E-state index < -0.39 is 0 Å². The van der Waals surface area contributed by atoms with Crippen molar-refractivity contribution in [2.24, 2.45) is 0 Å². The van der Waals surface area contributed by atoms with Crippen LogP contribution >= 0.6 is 0 Å². The molecule has 0 amide bonds. The number of hydrogen-bond acceptors (Lipinski definition) is 2. The van der Waals surface area contributed by atoms with Gasteiger partial charge in [-0.3, -0.25) is 4.79 Å². The Kier molecular flexibility index (Phi) is 4.69. The number of benzene rings is 1. The van der Waals surface area contributed by atoms with Crippen molar-refractivity contribution in [3.63, 3.8) is 0 Å². The van der Waals surface area contributed by atoms with Crippen LogP contribution in [0.15, 0.2) is 12.1 Å². The summed E-state index contributed by atoms with van der Waals surface area (Å²) in [6, 6.07) is 4.24. The van der Waals surface area contributed by atoms with Gasteiger partial charge in [-0.05, 0) is 44.4 Å². The summed E-state index contributed by atoms with van der Waals surface area (Å²) in [5.41, 5.74) is 4.79. The molecule has 0 unspecified atom stereocenters. The number of hydrogen-bond donors (Lipinski definition) is 0. The van der Waals surface area contributed by atoms with Gasteiger partial charge in [0.2, 0.25) is 0 Å². The Morgan fingerprint density at radius 1 is 1.19 bits per heavy atom. The molecule has 0 bridgehead atoms. The maximum absolute atomic E-state index is 11.6. The van der Waals surface area contributed by atoms with Gasteiger partial charge in [-0.25, -0.2) is 0 Å². The summed E-state index contributed by atoms with van der Waals surface area (Å²) in [5.74, 6) is 0.150. The Morgan fingerprint density at radius 2 is 1.75 bits per heavy atom. The molecule has 1 rings (SSSR count). The maximum atomic E-state index is 11.6. The molecule has 16 heavy (non-hydrogen) atoms. The van der Waals surface area contributed by atoms with Crippen molar-refractivity contribution in [3.05, 3.63) is 34.4 Å². The number of rotatable bonds is 5. The van der Waals surface area contributed by atoms with Crippen LogP contribution in [0.4, 0.5) is 0 Å². The zero-order valence-electron chi connectivity index (χ0n) is 10.6. The second-order valence-electron chi connectivity index (χ2n) is 4.23. The molecule has 0 aliphatic heterocycles. The van der Waals surface area contributed by atoms with Crippen molar-refractivity contribution in [2.75, 3.05) is 13.2 Å². The van der Waals surface area contributed by atoms with Crippen LogP contribution in [0.3, 0.4) is 0 Å². The van der Waals surface area contributed by atoms with Gasteiger partial charge in [0.1, 0.15) is 6.61 Å². The number of carbonyl (C=O) groups is 1. The normalized spacial score (nSPS) is 10.5. The molecule has 0 atom stereocenters. The first-order valence-corrected chi connectivity index (χ1v) is 5.70. The summed E-state index contributed by atoms with van der Waals surface area (Å²) in [5, 5.41) is 0. The topological polar surface area (TPSA) is 26.3 Å². The number of ketones is 1. The lowest BCUT2D eigenvalue weighted by atomic mass is 9.96. The van der Waals surface area contributed by atoms with E-state index in [1.54, 1.807) is 0 Å². The van der Waals surface area contributed by atoms with E-state index in [-0.39, 0.29) is 12.4 Å². The van der Waals surface area contributed by atoms with Crippen molar-refractivity contribution < 1.29 is 9.53 Å². The van der Waals surface area contributed by atoms with Crippen LogP contribution in [0.2, 0.25) is 0 Å². The Labute approximate surface area is 97.6 Å². The highest BCUT2D eigenvalue weighted by molar-refractivity contribution is 5.82. The van der Waals surface area contributed by atoms with Gasteiger partial charge in [0.25, 0.3) is 0 Å². The summed E-state index contributed by atoms with van der Waals surface area (Å²) in [6.07, 6.45) is 0.484. The number of carbonyl (C=O) groups excluding carboxylic acids is 1. The van der Waals surface area contributed by atoms with E-state index in [0.717, 1.165) is 5.56 Å². The van der Waals surface area contributed by atoms with Crippen LogP contribution in [0.5, 0.6) is 0 Å². The second-order valence-corrected chi connectivity index (χ2v) is 4.23. The van der Waals surface area contributed by atoms with Gasteiger partial charge in [0.15, 0.2) is 5.78 Å². The van der Waals surface area contributed by atoms with E-state index in [1.165, 1.54) is 16.7 Å². The molecule has 0 saturated heterocycles. The quantitative estimate of drug-likeness (QED) is 0.762. The van der Waals surface area contributed by atoms with E-state index in [0.29, 0.717) is 13.0 Å². The molecule has 0 aliphatic carbocycles. The third kappa shape index (κ3) is 3.46. The molecule has 0 fully saturated rings. The van der Waals surface area contributed by atoms with Crippen LogP contribution in [0, 0.1) is 20.8 Å². The van der Waals surface area contributed by atoms with Crippen LogP contribution in [0.1, 0.15) is 29.2 Å². The Morgan fingerprint density at radius 3 is 2.25 bits per heavy atom. The van der Waals surface area contributed by atoms with Crippen LogP contribution in [0.25, 0.3) is 0 Å². The van der Waals surface area contributed by atoms with E-state index in [4.69, 9.17) is 4.74 Å². The van der Waals surface area contributed by atoms with Crippen molar-refractivity contribution in [2.45, 2.75) is 34.1 Å². The highest BCUT2D eigenvalue weighted by Gasteiger charge is 2.09. The molecule has 88 valence electrons. The fraction of sp³-hybridized carbons (Fsp3) is 0.500. The van der Waals surface area contributed by atoms with Crippen molar-refractivity contribution in [1.82, 2.24) is 0 Å². The zero-order chi connectivity index (χ0) is 12.1. The second kappa shape index (κ2) is 5.80. The predicted octanol–water partition coefficient (Wildman–Crippen LogP) is 2.76. The van der Waals surface area contributed by atoms with Gasteiger partial charge in [-0.1, -0.05) is 17.7 Å². The van der Waals surface area contributed by atoms with Gasteiger partial charge >= 0.3 is 0 Å². The molecule has 0 saturated carbocycles. The highest BCUT2D eigenvalue weighted by Crippen LogP contribution is 2.17. The van der Waals surface area contributed by atoms with Crippen molar-refractivity contribution in [3.8, 4) is 0 Å². The van der Waals surface area contributed by atoms with Crippen LogP contribution < -0.4 is 0 Å². The lowest BCUT2D eigenvalue weighted by Gasteiger charge is -2.10. The van der Waals surface area contributed by atoms with Crippen molar-refractivity contribution in [1.29, 1.82) is 0 Å². The molecule has 2 heteroatoms. The molecule has 0 spiro atoms. The molecule has 0 aliphatic rings. The molecule has 2 nitrogen and oxygen atoms in total. The van der Waals surface area contributed by atoms with E-state index >= 15 is 0 Å². The Balaban J connectivity index is 2.77. The van der Waals surface area contributed by atoms with Gasteiger partial charge < -0.3 is 4.74 Å². The third-order valence-electron chi connectivity index (χ3n) is 2.68. The monoisotopic (exact) mass is 220 g/mol. The molecule has 0 radical (unpaired) electrons. The maximum Gasteiger partial charge on any atom is 0.162 e. The summed E-state index contributed by atoms with van der Waals surface area (Å²) < 4.78 is 5.12. The Hall–Kier alpha value is -1.15. The Bertz CT molecular complexity index is 357. The minimum absolute atomic E-state index is 0.150. The average Bonchev–Trinajstić information content (AvgIpc) is 2.20. The van der Waals surface area contributed by atoms with E-state index in [2.05, 4.69) is 32.9 Å². The number of ether oxygens (including phenoxy) is 1.